The van der Waals surface area contributed by atoms with Gasteiger partial charge in [0.1, 0.15) is 12.4 Å². The SMILES string of the molecule is C=CC(=O)N1CCN2Cc3nc(CC)c(-c4c(O)cccc4Cl)c(Cl)c3OC[C@@H]2C1. The lowest BCUT2D eigenvalue weighted by atomic mass is 10.00. The molecule has 3 heterocycles. The maximum atomic E-state index is 12.0. The smallest absolute Gasteiger partial charge is 0.246 e. The van der Waals surface area contributed by atoms with E-state index in [0.29, 0.717) is 59.6 Å². The predicted octanol–water partition coefficient (Wildman–Crippen LogP) is 3.91. The van der Waals surface area contributed by atoms with Gasteiger partial charge in [-0.3, -0.25) is 14.7 Å². The number of aryl methyl sites for hydroxylation is 1. The van der Waals surface area contributed by atoms with Crippen LogP contribution in [-0.2, 0) is 17.8 Å². The zero-order valence-corrected chi connectivity index (χ0v) is 18.2. The van der Waals surface area contributed by atoms with Gasteiger partial charge in [0.2, 0.25) is 5.91 Å². The summed E-state index contributed by atoms with van der Waals surface area (Å²) in [4.78, 5) is 20.9. The molecule has 0 aliphatic carbocycles. The summed E-state index contributed by atoms with van der Waals surface area (Å²) in [6.07, 6.45) is 1.97. The van der Waals surface area contributed by atoms with Crippen LogP contribution in [-0.4, -0.2) is 58.1 Å². The fraction of sp³-hybridized carbons (Fsp3) is 0.364. The summed E-state index contributed by atoms with van der Waals surface area (Å²) in [6, 6.07) is 5.01. The number of benzene rings is 1. The van der Waals surface area contributed by atoms with Gasteiger partial charge in [-0.05, 0) is 24.6 Å². The molecule has 1 amide bonds. The van der Waals surface area contributed by atoms with Gasteiger partial charge < -0.3 is 14.7 Å². The van der Waals surface area contributed by atoms with Crippen LogP contribution in [0.25, 0.3) is 11.1 Å². The second-order valence-electron chi connectivity index (χ2n) is 7.43. The van der Waals surface area contributed by atoms with E-state index in [9.17, 15) is 9.90 Å². The van der Waals surface area contributed by atoms with Gasteiger partial charge in [-0.25, -0.2) is 0 Å². The first-order valence-electron chi connectivity index (χ1n) is 9.91. The van der Waals surface area contributed by atoms with Crippen molar-refractivity contribution in [2.45, 2.75) is 25.9 Å². The Morgan fingerprint density at radius 2 is 2.17 bits per heavy atom. The van der Waals surface area contributed by atoms with E-state index in [2.05, 4.69) is 11.5 Å². The van der Waals surface area contributed by atoms with Crippen molar-refractivity contribution in [1.82, 2.24) is 14.8 Å². The van der Waals surface area contributed by atoms with E-state index < -0.39 is 0 Å². The Hall–Kier alpha value is -2.28. The molecule has 0 saturated carbocycles. The van der Waals surface area contributed by atoms with E-state index in [-0.39, 0.29) is 17.7 Å². The van der Waals surface area contributed by atoms with Crippen LogP contribution in [0, 0.1) is 0 Å². The number of halogens is 2. The van der Waals surface area contributed by atoms with E-state index in [4.69, 9.17) is 32.9 Å². The number of piperazine rings is 1. The normalized spacial score (nSPS) is 18.8. The number of carbonyl (C=O) groups excluding carboxylic acids is 1. The largest absolute Gasteiger partial charge is 0.507 e. The van der Waals surface area contributed by atoms with Crippen molar-refractivity contribution < 1.29 is 14.6 Å². The average molecular weight is 448 g/mol. The lowest BCUT2D eigenvalue weighted by Gasteiger charge is -2.39. The Morgan fingerprint density at radius 3 is 2.87 bits per heavy atom. The van der Waals surface area contributed by atoms with E-state index >= 15 is 0 Å². The molecule has 1 saturated heterocycles. The number of ether oxygens (including phenoxy) is 1. The molecule has 2 aromatic rings. The summed E-state index contributed by atoms with van der Waals surface area (Å²) in [7, 11) is 0. The molecule has 0 unspecified atom stereocenters. The Balaban J connectivity index is 1.74. The van der Waals surface area contributed by atoms with Crippen molar-refractivity contribution in [3.63, 3.8) is 0 Å². The number of hydrogen-bond donors (Lipinski definition) is 1. The Bertz CT molecular complexity index is 991. The molecular weight excluding hydrogens is 425 g/mol. The number of amides is 1. The molecule has 1 atom stereocenters. The second-order valence-corrected chi connectivity index (χ2v) is 8.22. The Labute approximate surface area is 185 Å². The van der Waals surface area contributed by atoms with Crippen LogP contribution in [0.1, 0.15) is 18.3 Å². The van der Waals surface area contributed by atoms with Crippen molar-refractivity contribution in [2.75, 3.05) is 26.2 Å². The quantitative estimate of drug-likeness (QED) is 0.722. The van der Waals surface area contributed by atoms with Crippen molar-refractivity contribution in [3.8, 4) is 22.6 Å². The molecule has 0 bridgehead atoms. The number of hydrogen-bond acceptors (Lipinski definition) is 5. The van der Waals surface area contributed by atoms with E-state index in [1.807, 2.05) is 6.92 Å². The third kappa shape index (κ3) is 3.64. The third-order valence-corrected chi connectivity index (χ3v) is 6.36. The molecule has 0 spiro atoms. The minimum atomic E-state index is -0.0719. The molecule has 158 valence electrons. The number of phenolic OH excluding ortho intramolecular Hbond substituents is 1. The van der Waals surface area contributed by atoms with Gasteiger partial charge in [0.05, 0.1) is 27.5 Å². The van der Waals surface area contributed by atoms with E-state index in [1.165, 1.54) is 6.08 Å². The second kappa shape index (κ2) is 8.46. The lowest BCUT2D eigenvalue weighted by Crippen LogP contribution is -2.55. The molecule has 0 radical (unpaired) electrons. The number of nitrogens with zero attached hydrogens (tertiary/aromatic N) is 3. The molecule has 6 nitrogen and oxygen atoms in total. The minimum absolute atomic E-state index is 0.0372. The molecule has 30 heavy (non-hydrogen) atoms. The van der Waals surface area contributed by atoms with E-state index in [1.54, 1.807) is 23.1 Å². The maximum Gasteiger partial charge on any atom is 0.246 e. The van der Waals surface area contributed by atoms with Gasteiger partial charge in [0, 0.05) is 37.3 Å². The van der Waals surface area contributed by atoms with Crippen LogP contribution in [0.4, 0.5) is 0 Å². The van der Waals surface area contributed by atoms with Crippen LogP contribution in [0.5, 0.6) is 11.5 Å². The summed E-state index contributed by atoms with van der Waals surface area (Å²) in [6.45, 7) is 8.46. The Kier molecular flexibility index (Phi) is 5.91. The zero-order valence-electron chi connectivity index (χ0n) is 16.7. The highest BCUT2D eigenvalue weighted by atomic mass is 35.5. The molecule has 1 N–H and O–H groups in total. The summed E-state index contributed by atoms with van der Waals surface area (Å²) in [5.41, 5.74) is 2.58. The highest BCUT2D eigenvalue weighted by Crippen LogP contribution is 2.46. The number of phenols is 1. The monoisotopic (exact) mass is 447 g/mol. The predicted molar refractivity (Wildman–Crippen MR) is 117 cm³/mol. The van der Waals surface area contributed by atoms with Gasteiger partial charge in [0.15, 0.2) is 5.75 Å². The van der Waals surface area contributed by atoms with Crippen molar-refractivity contribution >= 4 is 29.1 Å². The fourth-order valence-corrected chi connectivity index (χ4v) is 4.75. The molecule has 1 aromatic carbocycles. The molecule has 1 aromatic heterocycles. The van der Waals surface area contributed by atoms with Gasteiger partial charge in [0.25, 0.3) is 0 Å². The first-order valence-corrected chi connectivity index (χ1v) is 10.7. The molecule has 1 fully saturated rings. The zero-order chi connectivity index (χ0) is 21.4. The number of fused-ring (bicyclic) bond motifs is 2. The molecule has 2 aliphatic rings. The summed E-state index contributed by atoms with van der Waals surface area (Å²) < 4.78 is 6.13. The summed E-state index contributed by atoms with van der Waals surface area (Å²) in [5, 5.41) is 11.3. The van der Waals surface area contributed by atoms with E-state index in [0.717, 1.165) is 17.9 Å². The highest BCUT2D eigenvalue weighted by Gasteiger charge is 2.34. The third-order valence-electron chi connectivity index (χ3n) is 5.68. The molecular formula is C22H23Cl2N3O3. The Morgan fingerprint density at radius 1 is 1.37 bits per heavy atom. The summed E-state index contributed by atoms with van der Waals surface area (Å²) >= 11 is 13.2. The van der Waals surface area contributed by atoms with Gasteiger partial charge >= 0.3 is 0 Å². The van der Waals surface area contributed by atoms with Gasteiger partial charge in [-0.2, -0.15) is 0 Å². The van der Waals surface area contributed by atoms with Gasteiger partial charge in [-0.15, -0.1) is 0 Å². The fourth-order valence-electron chi connectivity index (χ4n) is 4.12. The number of aromatic nitrogens is 1. The maximum absolute atomic E-state index is 12.0. The lowest BCUT2D eigenvalue weighted by molar-refractivity contribution is -0.129. The summed E-state index contributed by atoms with van der Waals surface area (Å²) in [5.74, 6) is 0.488. The van der Waals surface area contributed by atoms with Crippen LogP contribution in [0.3, 0.4) is 0 Å². The highest BCUT2D eigenvalue weighted by molar-refractivity contribution is 6.38. The molecule has 4 rings (SSSR count). The number of rotatable bonds is 3. The van der Waals surface area contributed by atoms with Crippen molar-refractivity contribution in [1.29, 1.82) is 0 Å². The first-order chi connectivity index (χ1) is 14.4. The van der Waals surface area contributed by atoms with Crippen LogP contribution in [0.2, 0.25) is 10.0 Å². The number of carbonyl (C=O) groups is 1. The van der Waals surface area contributed by atoms with Crippen LogP contribution in [0.15, 0.2) is 30.9 Å². The average Bonchev–Trinajstić information content (AvgIpc) is 2.93. The first kappa shape index (κ1) is 21.0. The van der Waals surface area contributed by atoms with Crippen LogP contribution >= 0.6 is 23.2 Å². The molecule has 8 heteroatoms. The van der Waals surface area contributed by atoms with Crippen molar-refractivity contribution in [3.05, 3.63) is 52.3 Å². The topological polar surface area (TPSA) is 65.9 Å². The van der Waals surface area contributed by atoms with Crippen molar-refractivity contribution in [2.24, 2.45) is 0 Å². The standard InChI is InChI=1S/C22H23Cl2N3O3/c1-3-15-20(19-14(23)6-5-7-17(19)28)21(24)22-16(25-15)11-26-8-9-27(18(29)4-2)10-13(26)12-30-22/h4-7,13,28H,2-3,8-12H2,1H3/t13-/m0/s1. The van der Waals surface area contributed by atoms with Crippen LogP contribution < -0.4 is 4.74 Å². The number of aromatic hydroxyl groups is 1. The molecule has 2 aliphatic heterocycles. The van der Waals surface area contributed by atoms with Gasteiger partial charge in [-0.1, -0.05) is 42.8 Å². The number of pyridine rings is 1. The minimum Gasteiger partial charge on any atom is -0.507 e.